The van der Waals surface area contributed by atoms with Crippen LogP contribution in [0.25, 0.3) is 0 Å². The monoisotopic (exact) mass is 911 g/mol. The van der Waals surface area contributed by atoms with Crippen molar-refractivity contribution in [3.63, 3.8) is 0 Å². The largest absolute Gasteiger partial charge is 0.462 e. The average molecular weight is 911 g/mol. The molecule has 0 aromatic heterocycles. The first-order valence-electron chi connectivity index (χ1n) is 26.7. The second-order valence-electron chi connectivity index (χ2n) is 17.0. The molecule has 0 radical (unpaired) electrons. The predicted octanol–water partition coefficient (Wildman–Crippen LogP) is 18.3. The minimum Gasteiger partial charge on any atom is -0.462 e. The Hall–Kier alpha value is -3.96. The van der Waals surface area contributed by atoms with Crippen molar-refractivity contribution >= 4 is 11.9 Å². The van der Waals surface area contributed by atoms with Crippen LogP contribution in [0, 0.1) is 0 Å². The van der Waals surface area contributed by atoms with Crippen LogP contribution in [0.5, 0.6) is 0 Å². The van der Waals surface area contributed by atoms with E-state index in [-0.39, 0.29) is 25.2 Å². The first-order valence-corrected chi connectivity index (χ1v) is 26.7. The van der Waals surface area contributed by atoms with Crippen LogP contribution in [0.15, 0.2) is 134 Å². The van der Waals surface area contributed by atoms with Crippen LogP contribution in [-0.2, 0) is 23.8 Å². The number of rotatable bonds is 47. The normalized spacial score (nSPS) is 13.3. The number of carbonyl (C=O) groups excluding carboxylic acids is 2. The van der Waals surface area contributed by atoms with E-state index in [1.165, 1.54) is 64.2 Å². The van der Waals surface area contributed by atoms with Crippen LogP contribution in [0.2, 0.25) is 0 Å². The molecule has 0 N–H and O–H groups in total. The number of hydrogen-bond acceptors (Lipinski definition) is 5. The van der Waals surface area contributed by atoms with Crippen molar-refractivity contribution in [2.45, 2.75) is 219 Å². The van der Waals surface area contributed by atoms with E-state index in [0.717, 1.165) is 116 Å². The molecule has 5 heteroatoms. The molecule has 0 saturated carbocycles. The van der Waals surface area contributed by atoms with Gasteiger partial charge in [-0.2, -0.15) is 0 Å². The molecule has 1 atom stereocenters. The summed E-state index contributed by atoms with van der Waals surface area (Å²) in [6, 6.07) is 0. The van der Waals surface area contributed by atoms with Crippen molar-refractivity contribution in [1.82, 2.24) is 0 Å². The van der Waals surface area contributed by atoms with Gasteiger partial charge in [-0.25, -0.2) is 0 Å². The van der Waals surface area contributed by atoms with Crippen LogP contribution in [0.4, 0.5) is 0 Å². The standard InChI is InChI=1S/C61H98O5/c1-4-7-10-13-16-19-22-25-28-29-30-31-32-35-38-41-44-47-50-53-56-64-57-59(66-61(63)55-52-49-46-43-40-37-34-27-24-21-18-15-12-9-6-3)58-65-60(62)54-51-48-45-42-39-36-33-26-23-20-17-14-11-8-5-2/h8-9,11-12,16-21,25-28,30-31,33-34,39-40,42-43,59H,4-7,10,13-15,22-24,29,32,35-38,41,44-58H2,1-3H3/b11-8-,12-9-,19-16-,20-17-,21-18-,28-25-,31-30-,33-26-,34-27-,42-39-,43-40-. The number of hydrogen-bond donors (Lipinski definition) is 0. The third kappa shape index (κ3) is 52.7. The summed E-state index contributed by atoms with van der Waals surface area (Å²) in [4.78, 5) is 25.4. The van der Waals surface area contributed by atoms with E-state index < -0.39 is 6.10 Å². The molecule has 0 aliphatic rings. The van der Waals surface area contributed by atoms with Gasteiger partial charge >= 0.3 is 11.9 Å². The lowest BCUT2D eigenvalue weighted by atomic mass is 10.1. The Morgan fingerprint density at radius 1 is 0.348 bits per heavy atom. The fourth-order valence-corrected chi connectivity index (χ4v) is 6.73. The van der Waals surface area contributed by atoms with E-state index in [0.29, 0.717) is 19.4 Å². The van der Waals surface area contributed by atoms with E-state index in [4.69, 9.17) is 14.2 Å². The summed E-state index contributed by atoms with van der Waals surface area (Å²) < 4.78 is 17.3. The van der Waals surface area contributed by atoms with E-state index in [1.807, 2.05) is 0 Å². The zero-order chi connectivity index (χ0) is 47.7. The maximum Gasteiger partial charge on any atom is 0.306 e. The number of ether oxygens (including phenoxy) is 3. The fourth-order valence-electron chi connectivity index (χ4n) is 6.73. The summed E-state index contributed by atoms with van der Waals surface area (Å²) >= 11 is 0. The Labute approximate surface area is 407 Å². The summed E-state index contributed by atoms with van der Waals surface area (Å²) in [6.45, 7) is 7.44. The Kier molecular flexibility index (Phi) is 52.0. The van der Waals surface area contributed by atoms with Gasteiger partial charge in [0.05, 0.1) is 6.61 Å². The van der Waals surface area contributed by atoms with Crippen molar-refractivity contribution in [3.05, 3.63) is 134 Å². The first kappa shape index (κ1) is 62.0. The maximum atomic E-state index is 12.8. The number of allylic oxidation sites excluding steroid dienone is 22. The first-order chi connectivity index (χ1) is 32.6. The van der Waals surface area contributed by atoms with E-state index in [9.17, 15) is 9.59 Å². The summed E-state index contributed by atoms with van der Waals surface area (Å²) in [5.74, 6) is -0.509. The minimum absolute atomic E-state index is 0.0339. The predicted molar refractivity (Wildman–Crippen MR) is 288 cm³/mol. The minimum atomic E-state index is -0.590. The van der Waals surface area contributed by atoms with Crippen LogP contribution in [0.1, 0.15) is 213 Å². The van der Waals surface area contributed by atoms with Crippen molar-refractivity contribution in [2.24, 2.45) is 0 Å². The quantitative estimate of drug-likeness (QED) is 0.0346. The molecule has 0 fully saturated rings. The lowest BCUT2D eigenvalue weighted by Crippen LogP contribution is -2.30. The van der Waals surface area contributed by atoms with Gasteiger partial charge in [-0.05, 0) is 135 Å². The molecule has 66 heavy (non-hydrogen) atoms. The SMILES string of the molecule is CC/C=C\C/C=C\C/C=C\C/C=C\CCCCC(=O)OCC(COCCCCCCCCC/C=C\C/C=C\C/C=C\CCCCC)OC(=O)CCCC/C=C\C/C=C\C/C=C\C/C=C\CC. The Morgan fingerprint density at radius 3 is 1.09 bits per heavy atom. The van der Waals surface area contributed by atoms with Gasteiger partial charge in [0.2, 0.25) is 0 Å². The van der Waals surface area contributed by atoms with E-state index in [1.54, 1.807) is 0 Å². The van der Waals surface area contributed by atoms with Gasteiger partial charge in [0, 0.05) is 19.4 Å². The topological polar surface area (TPSA) is 61.8 Å². The molecule has 372 valence electrons. The molecule has 5 nitrogen and oxygen atoms in total. The molecule has 0 amide bonds. The lowest BCUT2D eigenvalue weighted by Gasteiger charge is -2.18. The molecule has 1 unspecified atom stereocenters. The smallest absolute Gasteiger partial charge is 0.306 e. The zero-order valence-electron chi connectivity index (χ0n) is 42.7. The summed E-state index contributed by atoms with van der Waals surface area (Å²) in [5, 5.41) is 0. The van der Waals surface area contributed by atoms with Crippen molar-refractivity contribution in [1.29, 1.82) is 0 Å². The molecule has 0 rings (SSSR count). The average Bonchev–Trinajstić information content (AvgIpc) is 3.32. The van der Waals surface area contributed by atoms with Crippen LogP contribution < -0.4 is 0 Å². The van der Waals surface area contributed by atoms with E-state index in [2.05, 4.69) is 154 Å². The van der Waals surface area contributed by atoms with Gasteiger partial charge in [-0.15, -0.1) is 0 Å². The van der Waals surface area contributed by atoms with Crippen molar-refractivity contribution in [3.8, 4) is 0 Å². The number of unbranched alkanes of at least 4 members (excludes halogenated alkanes) is 14. The number of carbonyl (C=O) groups is 2. The Morgan fingerprint density at radius 2 is 0.682 bits per heavy atom. The molecule has 0 spiro atoms. The number of esters is 2. The Balaban J connectivity index is 4.44. The fraction of sp³-hybridized carbons (Fsp3) is 0.607. The van der Waals surface area contributed by atoms with Gasteiger partial charge < -0.3 is 14.2 Å². The Bertz CT molecular complexity index is 1400. The van der Waals surface area contributed by atoms with Crippen molar-refractivity contribution in [2.75, 3.05) is 19.8 Å². The van der Waals surface area contributed by atoms with Gasteiger partial charge in [0.1, 0.15) is 6.61 Å². The molecule has 0 aromatic rings. The molecule has 0 aromatic carbocycles. The summed E-state index contributed by atoms with van der Waals surface area (Å²) in [6.07, 6.45) is 79.0. The highest BCUT2D eigenvalue weighted by molar-refractivity contribution is 5.70. The molecule has 0 saturated heterocycles. The second-order valence-corrected chi connectivity index (χ2v) is 17.0. The third-order valence-electron chi connectivity index (χ3n) is 10.7. The highest BCUT2D eigenvalue weighted by Crippen LogP contribution is 2.11. The molecule has 0 bridgehead atoms. The van der Waals surface area contributed by atoms with Crippen LogP contribution in [-0.4, -0.2) is 37.9 Å². The summed E-state index contributed by atoms with van der Waals surface area (Å²) in [7, 11) is 0. The molecule has 0 aliphatic heterocycles. The van der Waals surface area contributed by atoms with Gasteiger partial charge in [-0.1, -0.05) is 199 Å². The van der Waals surface area contributed by atoms with Crippen molar-refractivity contribution < 1.29 is 23.8 Å². The third-order valence-corrected chi connectivity index (χ3v) is 10.7. The molecule has 0 heterocycles. The molecule has 0 aliphatic carbocycles. The highest BCUT2D eigenvalue weighted by Gasteiger charge is 2.17. The van der Waals surface area contributed by atoms with E-state index >= 15 is 0 Å². The highest BCUT2D eigenvalue weighted by atomic mass is 16.6. The summed E-state index contributed by atoms with van der Waals surface area (Å²) in [5.41, 5.74) is 0. The molecular weight excluding hydrogens is 813 g/mol. The van der Waals surface area contributed by atoms with Crippen LogP contribution in [0.3, 0.4) is 0 Å². The van der Waals surface area contributed by atoms with Gasteiger partial charge in [0.15, 0.2) is 6.10 Å². The molecular formula is C61H98O5. The zero-order valence-corrected chi connectivity index (χ0v) is 42.7. The second kappa shape index (κ2) is 55.4. The van der Waals surface area contributed by atoms with Crippen LogP contribution >= 0.6 is 0 Å². The lowest BCUT2D eigenvalue weighted by molar-refractivity contribution is -0.163. The maximum absolute atomic E-state index is 12.8. The van der Waals surface area contributed by atoms with Gasteiger partial charge in [0.25, 0.3) is 0 Å². The van der Waals surface area contributed by atoms with Gasteiger partial charge in [-0.3, -0.25) is 9.59 Å².